The molecule has 38 heavy (non-hydrogen) atoms. The Morgan fingerprint density at radius 2 is 2.08 bits per heavy atom. The van der Waals surface area contributed by atoms with Gasteiger partial charge in [-0.05, 0) is 55.2 Å². The molecule has 0 bridgehead atoms. The summed E-state index contributed by atoms with van der Waals surface area (Å²) >= 11 is 0. The lowest BCUT2D eigenvalue weighted by molar-refractivity contribution is -0.115. The molecule has 9 heteroatoms. The summed E-state index contributed by atoms with van der Waals surface area (Å²) in [5.41, 5.74) is 5.02. The van der Waals surface area contributed by atoms with Gasteiger partial charge in [0, 0.05) is 54.5 Å². The lowest BCUT2D eigenvalue weighted by Crippen LogP contribution is -2.39. The van der Waals surface area contributed by atoms with Gasteiger partial charge in [0.25, 0.3) is 0 Å². The molecule has 0 aromatic carbocycles. The van der Waals surface area contributed by atoms with Crippen LogP contribution in [0.2, 0.25) is 0 Å². The second-order valence-corrected chi connectivity index (χ2v) is 9.59. The number of anilines is 1. The molecular weight excluding hydrogens is 480 g/mol. The quantitative estimate of drug-likeness (QED) is 0.330. The molecular formula is C29H32N6O3. The van der Waals surface area contributed by atoms with Gasteiger partial charge in [0.1, 0.15) is 0 Å². The average Bonchev–Trinajstić information content (AvgIpc) is 3.37. The Labute approximate surface area is 221 Å². The first-order valence-electron chi connectivity index (χ1n) is 13.2. The SMILES string of the molecule is CCCCOC(=O)N1CCCC(c2cccc(-c3cnn4ccc(NC(=O)Cc5cccnc5)cc34)n2)C1. The van der Waals surface area contributed by atoms with E-state index in [0.717, 1.165) is 53.7 Å². The van der Waals surface area contributed by atoms with E-state index in [2.05, 4.69) is 22.3 Å². The fraction of sp³-hybridized carbons (Fsp3) is 0.345. The smallest absolute Gasteiger partial charge is 0.409 e. The molecule has 5 heterocycles. The number of amides is 2. The average molecular weight is 513 g/mol. The van der Waals surface area contributed by atoms with Gasteiger partial charge >= 0.3 is 6.09 Å². The van der Waals surface area contributed by atoms with Crippen LogP contribution < -0.4 is 5.32 Å². The maximum Gasteiger partial charge on any atom is 0.409 e. The summed E-state index contributed by atoms with van der Waals surface area (Å²) in [6.45, 7) is 3.85. The van der Waals surface area contributed by atoms with Crippen LogP contribution in [-0.2, 0) is 16.0 Å². The number of nitrogens with one attached hydrogen (secondary N) is 1. The summed E-state index contributed by atoms with van der Waals surface area (Å²) in [5.74, 6) is 0.0326. The second kappa shape index (κ2) is 11.9. The third-order valence-electron chi connectivity index (χ3n) is 6.76. The number of fused-ring (bicyclic) bond motifs is 1. The number of nitrogens with zero attached hydrogens (tertiary/aromatic N) is 5. The van der Waals surface area contributed by atoms with Crippen LogP contribution in [0.3, 0.4) is 0 Å². The molecule has 0 aliphatic carbocycles. The molecule has 2 amide bonds. The molecule has 1 atom stereocenters. The van der Waals surface area contributed by atoms with E-state index < -0.39 is 0 Å². The number of likely N-dealkylation sites (tertiary alicyclic amines) is 1. The Morgan fingerprint density at radius 1 is 1.16 bits per heavy atom. The fourth-order valence-corrected chi connectivity index (χ4v) is 4.76. The summed E-state index contributed by atoms with van der Waals surface area (Å²) in [7, 11) is 0. The number of ether oxygens (including phenoxy) is 1. The lowest BCUT2D eigenvalue weighted by Gasteiger charge is -2.31. The van der Waals surface area contributed by atoms with Crippen LogP contribution in [0, 0.1) is 0 Å². The van der Waals surface area contributed by atoms with Gasteiger partial charge in [-0.2, -0.15) is 5.10 Å². The van der Waals surface area contributed by atoms with Gasteiger partial charge in [0.05, 0.1) is 30.4 Å². The molecule has 1 aliphatic rings. The molecule has 5 rings (SSSR count). The van der Waals surface area contributed by atoms with E-state index in [0.29, 0.717) is 25.4 Å². The zero-order valence-corrected chi connectivity index (χ0v) is 21.5. The highest BCUT2D eigenvalue weighted by Crippen LogP contribution is 2.30. The predicted octanol–water partition coefficient (Wildman–Crippen LogP) is 5.09. The van der Waals surface area contributed by atoms with Crippen LogP contribution in [0.25, 0.3) is 16.8 Å². The Kier molecular flexibility index (Phi) is 7.92. The molecule has 9 nitrogen and oxygen atoms in total. The normalized spacial score (nSPS) is 15.4. The highest BCUT2D eigenvalue weighted by molar-refractivity contribution is 5.93. The van der Waals surface area contributed by atoms with E-state index in [1.54, 1.807) is 28.0 Å². The Bertz CT molecular complexity index is 1400. The molecule has 0 radical (unpaired) electrons. The Morgan fingerprint density at radius 3 is 2.92 bits per heavy atom. The van der Waals surface area contributed by atoms with Crippen molar-refractivity contribution in [3.05, 3.63) is 78.5 Å². The van der Waals surface area contributed by atoms with Gasteiger partial charge in [0.15, 0.2) is 0 Å². The third kappa shape index (κ3) is 5.99. The van der Waals surface area contributed by atoms with E-state index in [-0.39, 0.29) is 24.3 Å². The number of unbranched alkanes of at least 4 members (excludes halogenated alkanes) is 1. The molecule has 1 unspecified atom stereocenters. The van der Waals surface area contributed by atoms with Crippen molar-refractivity contribution < 1.29 is 14.3 Å². The van der Waals surface area contributed by atoms with Crippen LogP contribution in [0.5, 0.6) is 0 Å². The number of piperidine rings is 1. The lowest BCUT2D eigenvalue weighted by atomic mass is 9.94. The molecule has 0 saturated carbocycles. The molecule has 1 fully saturated rings. The van der Waals surface area contributed by atoms with Crippen LogP contribution in [0.1, 0.15) is 49.8 Å². The third-order valence-corrected chi connectivity index (χ3v) is 6.76. The van der Waals surface area contributed by atoms with E-state index in [9.17, 15) is 9.59 Å². The fourth-order valence-electron chi connectivity index (χ4n) is 4.76. The first kappa shape index (κ1) is 25.4. The van der Waals surface area contributed by atoms with E-state index in [1.807, 2.05) is 48.7 Å². The highest BCUT2D eigenvalue weighted by atomic mass is 16.6. The summed E-state index contributed by atoms with van der Waals surface area (Å²) < 4.78 is 7.20. The van der Waals surface area contributed by atoms with Gasteiger partial charge < -0.3 is 15.0 Å². The van der Waals surface area contributed by atoms with E-state index in [4.69, 9.17) is 9.72 Å². The van der Waals surface area contributed by atoms with Gasteiger partial charge in [-0.15, -0.1) is 0 Å². The van der Waals surface area contributed by atoms with Crippen LogP contribution >= 0.6 is 0 Å². The largest absolute Gasteiger partial charge is 0.449 e. The van der Waals surface area contributed by atoms with E-state index in [1.165, 1.54) is 0 Å². The number of aromatic nitrogens is 4. The molecule has 4 aromatic rings. The van der Waals surface area contributed by atoms with Crippen molar-refractivity contribution >= 4 is 23.2 Å². The second-order valence-electron chi connectivity index (χ2n) is 9.59. The Balaban J connectivity index is 1.31. The van der Waals surface area contributed by atoms with Gasteiger partial charge in [-0.25, -0.2) is 9.31 Å². The molecule has 4 aromatic heterocycles. The maximum absolute atomic E-state index is 12.6. The molecule has 1 N–H and O–H groups in total. The number of carbonyl (C=O) groups excluding carboxylic acids is 2. The minimum absolute atomic E-state index is 0.112. The van der Waals surface area contributed by atoms with Crippen molar-refractivity contribution in [1.82, 2.24) is 24.5 Å². The number of hydrogen-bond donors (Lipinski definition) is 1. The monoisotopic (exact) mass is 512 g/mol. The molecule has 1 saturated heterocycles. The number of pyridine rings is 3. The van der Waals surface area contributed by atoms with Crippen molar-refractivity contribution in [2.45, 2.75) is 44.9 Å². The predicted molar refractivity (Wildman–Crippen MR) is 145 cm³/mol. The topological polar surface area (TPSA) is 102 Å². The summed E-state index contributed by atoms with van der Waals surface area (Å²) in [6.07, 6.45) is 10.8. The van der Waals surface area contributed by atoms with Gasteiger partial charge in [-0.1, -0.05) is 25.5 Å². The zero-order valence-electron chi connectivity index (χ0n) is 21.5. The van der Waals surface area contributed by atoms with Crippen molar-refractivity contribution in [3.8, 4) is 11.3 Å². The Hall–Kier alpha value is -4.27. The summed E-state index contributed by atoms with van der Waals surface area (Å²) in [6, 6.07) is 13.4. The number of carbonyl (C=O) groups is 2. The molecule has 196 valence electrons. The van der Waals surface area contributed by atoms with Crippen LogP contribution in [0.4, 0.5) is 10.5 Å². The summed E-state index contributed by atoms with van der Waals surface area (Å²) in [5, 5.41) is 7.45. The minimum atomic E-state index is -0.236. The van der Waals surface area contributed by atoms with Crippen molar-refractivity contribution in [3.63, 3.8) is 0 Å². The standard InChI is InChI=1S/C29H32N6O3/c1-2-3-15-38-29(37)34-13-6-8-22(20-34)25-9-4-10-26(33-25)24-19-31-35-14-11-23(17-27(24)35)32-28(36)16-21-7-5-12-30-18-21/h4-5,7,9-12,14,17-19,22H,2-3,6,8,13,15-16,20H2,1H3,(H,32,36). The van der Waals surface area contributed by atoms with Gasteiger partial charge in [0.2, 0.25) is 5.91 Å². The molecule has 1 aliphatic heterocycles. The number of hydrogen-bond acceptors (Lipinski definition) is 6. The zero-order chi connectivity index (χ0) is 26.3. The van der Waals surface area contributed by atoms with E-state index >= 15 is 0 Å². The van der Waals surface area contributed by atoms with Crippen LogP contribution in [-0.4, -0.2) is 56.2 Å². The van der Waals surface area contributed by atoms with Crippen molar-refractivity contribution in [1.29, 1.82) is 0 Å². The van der Waals surface area contributed by atoms with Crippen molar-refractivity contribution in [2.75, 3.05) is 25.0 Å². The first-order chi connectivity index (χ1) is 18.6. The maximum atomic E-state index is 12.6. The minimum Gasteiger partial charge on any atom is -0.449 e. The van der Waals surface area contributed by atoms with Gasteiger partial charge in [-0.3, -0.25) is 14.8 Å². The summed E-state index contributed by atoms with van der Waals surface area (Å²) in [4.78, 5) is 35.9. The van der Waals surface area contributed by atoms with Crippen LogP contribution in [0.15, 0.2) is 67.3 Å². The van der Waals surface area contributed by atoms with Crippen molar-refractivity contribution in [2.24, 2.45) is 0 Å². The first-order valence-corrected chi connectivity index (χ1v) is 13.2. The highest BCUT2D eigenvalue weighted by Gasteiger charge is 2.27. The number of rotatable bonds is 8. The molecule has 0 spiro atoms.